The summed E-state index contributed by atoms with van der Waals surface area (Å²) in [5.74, 6) is 0.178. The SMILES string of the molecule is CCN(CC)C(=O)CNCCCn1ccnc1. The Hall–Kier alpha value is -1.36. The van der Waals surface area contributed by atoms with Gasteiger partial charge in [0.05, 0.1) is 12.9 Å². The summed E-state index contributed by atoms with van der Waals surface area (Å²) in [7, 11) is 0. The molecule has 0 fully saturated rings. The molecule has 0 aliphatic rings. The Morgan fingerprint density at radius 3 is 2.76 bits per heavy atom. The zero-order valence-corrected chi connectivity index (χ0v) is 10.7. The summed E-state index contributed by atoms with van der Waals surface area (Å²) in [5, 5.41) is 3.17. The van der Waals surface area contributed by atoms with E-state index in [9.17, 15) is 4.79 Å². The second-order valence-corrected chi connectivity index (χ2v) is 3.90. The van der Waals surface area contributed by atoms with Crippen LogP contribution in [0.3, 0.4) is 0 Å². The minimum Gasteiger partial charge on any atom is -0.342 e. The molecule has 0 atom stereocenters. The number of likely N-dealkylation sites (N-methyl/N-ethyl adjacent to an activating group) is 1. The number of amides is 1. The molecule has 0 aliphatic heterocycles. The Labute approximate surface area is 103 Å². The molecule has 1 N–H and O–H groups in total. The van der Waals surface area contributed by atoms with Crippen LogP contribution in [0.4, 0.5) is 0 Å². The number of hydrogen-bond acceptors (Lipinski definition) is 3. The Bertz CT molecular complexity index is 306. The second kappa shape index (κ2) is 7.84. The second-order valence-electron chi connectivity index (χ2n) is 3.90. The monoisotopic (exact) mass is 238 g/mol. The van der Waals surface area contributed by atoms with Crippen LogP contribution < -0.4 is 5.32 Å². The van der Waals surface area contributed by atoms with Crippen LogP contribution in [-0.4, -0.2) is 46.5 Å². The maximum atomic E-state index is 11.6. The summed E-state index contributed by atoms with van der Waals surface area (Å²) < 4.78 is 2.04. The first kappa shape index (κ1) is 13.7. The van der Waals surface area contributed by atoms with E-state index in [2.05, 4.69) is 10.3 Å². The summed E-state index contributed by atoms with van der Waals surface area (Å²) in [4.78, 5) is 17.5. The zero-order chi connectivity index (χ0) is 12.5. The van der Waals surface area contributed by atoms with Crippen molar-refractivity contribution in [3.05, 3.63) is 18.7 Å². The van der Waals surface area contributed by atoms with Gasteiger partial charge in [0, 0.05) is 32.0 Å². The topological polar surface area (TPSA) is 50.2 Å². The third-order valence-electron chi connectivity index (χ3n) is 2.72. The van der Waals surface area contributed by atoms with Gasteiger partial charge in [-0.1, -0.05) is 0 Å². The molecule has 0 saturated heterocycles. The highest BCUT2D eigenvalue weighted by Gasteiger charge is 2.07. The Morgan fingerprint density at radius 1 is 1.41 bits per heavy atom. The number of imidazole rings is 1. The minimum atomic E-state index is 0.178. The predicted molar refractivity (Wildman–Crippen MR) is 67.6 cm³/mol. The van der Waals surface area contributed by atoms with Gasteiger partial charge < -0.3 is 14.8 Å². The molecular formula is C12H22N4O. The van der Waals surface area contributed by atoms with Crippen molar-refractivity contribution in [2.75, 3.05) is 26.2 Å². The van der Waals surface area contributed by atoms with Crippen LogP contribution in [0.1, 0.15) is 20.3 Å². The molecule has 0 aromatic carbocycles. The van der Waals surface area contributed by atoms with Crippen molar-refractivity contribution >= 4 is 5.91 Å². The van der Waals surface area contributed by atoms with Crippen LogP contribution in [0.2, 0.25) is 0 Å². The van der Waals surface area contributed by atoms with Crippen molar-refractivity contribution in [2.24, 2.45) is 0 Å². The van der Waals surface area contributed by atoms with Crippen LogP contribution in [0.15, 0.2) is 18.7 Å². The molecule has 1 heterocycles. The Balaban J connectivity index is 2.05. The number of hydrogen-bond donors (Lipinski definition) is 1. The molecule has 5 nitrogen and oxygen atoms in total. The lowest BCUT2D eigenvalue weighted by Crippen LogP contribution is -2.38. The van der Waals surface area contributed by atoms with Gasteiger partial charge in [-0.05, 0) is 26.8 Å². The van der Waals surface area contributed by atoms with Gasteiger partial charge >= 0.3 is 0 Å². The number of aryl methyl sites for hydroxylation is 1. The van der Waals surface area contributed by atoms with Crippen LogP contribution in [0, 0.1) is 0 Å². The molecule has 1 aromatic rings. The van der Waals surface area contributed by atoms with Gasteiger partial charge in [0.2, 0.25) is 5.91 Å². The van der Waals surface area contributed by atoms with Gasteiger partial charge in [-0.3, -0.25) is 4.79 Å². The highest BCUT2D eigenvalue weighted by molar-refractivity contribution is 5.78. The van der Waals surface area contributed by atoms with Crippen LogP contribution in [-0.2, 0) is 11.3 Å². The number of aromatic nitrogens is 2. The molecule has 0 saturated carbocycles. The van der Waals surface area contributed by atoms with Crippen molar-refractivity contribution in [2.45, 2.75) is 26.8 Å². The lowest BCUT2D eigenvalue weighted by atomic mass is 10.4. The fraction of sp³-hybridized carbons (Fsp3) is 0.667. The van der Waals surface area contributed by atoms with Crippen molar-refractivity contribution in [1.82, 2.24) is 19.8 Å². The Morgan fingerprint density at radius 2 is 2.18 bits per heavy atom. The molecule has 0 aliphatic carbocycles. The van der Waals surface area contributed by atoms with Crippen LogP contribution in [0.5, 0.6) is 0 Å². The predicted octanol–water partition coefficient (Wildman–Crippen LogP) is 0.731. The highest BCUT2D eigenvalue weighted by Crippen LogP contribution is 1.90. The summed E-state index contributed by atoms with van der Waals surface area (Å²) in [6, 6.07) is 0. The van der Waals surface area contributed by atoms with Gasteiger partial charge in [-0.2, -0.15) is 0 Å². The molecule has 1 aromatic heterocycles. The van der Waals surface area contributed by atoms with E-state index in [0.29, 0.717) is 6.54 Å². The number of carbonyl (C=O) groups excluding carboxylic acids is 1. The van der Waals surface area contributed by atoms with Crippen molar-refractivity contribution in [3.8, 4) is 0 Å². The van der Waals surface area contributed by atoms with E-state index in [1.165, 1.54) is 0 Å². The largest absolute Gasteiger partial charge is 0.342 e. The van der Waals surface area contributed by atoms with E-state index in [-0.39, 0.29) is 5.91 Å². The summed E-state index contributed by atoms with van der Waals surface area (Å²) >= 11 is 0. The Kier molecular flexibility index (Phi) is 6.32. The normalized spacial score (nSPS) is 10.5. The average Bonchev–Trinajstić information content (AvgIpc) is 2.83. The molecule has 0 unspecified atom stereocenters. The molecule has 5 heteroatoms. The maximum absolute atomic E-state index is 11.6. The fourth-order valence-corrected chi connectivity index (χ4v) is 1.69. The molecule has 0 bridgehead atoms. The van der Waals surface area contributed by atoms with E-state index < -0.39 is 0 Å². The number of carbonyl (C=O) groups is 1. The third-order valence-corrected chi connectivity index (χ3v) is 2.72. The van der Waals surface area contributed by atoms with Crippen molar-refractivity contribution in [1.29, 1.82) is 0 Å². The van der Waals surface area contributed by atoms with Gasteiger partial charge in [0.25, 0.3) is 0 Å². The highest BCUT2D eigenvalue weighted by atomic mass is 16.2. The molecule has 0 spiro atoms. The first-order chi connectivity index (χ1) is 8.27. The molecular weight excluding hydrogens is 216 g/mol. The minimum absolute atomic E-state index is 0.178. The third kappa shape index (κ3) is 4.99. The molecule has 96 valence electrons. The summed E-state index contributed by atoms with van der Waals surface area (Å²) in [6.45, 7) is 7.79. The van der Waals surface area contributed by atoms with E-state index in [1.54, 1.807) is 12.5 Å². The molecule has 17 heavy (non-hydrogen) atoms. The first-order valence-electron chi connectivity index (χ1n) is 6.22. The zero-order valence-electron chi connectivity index (χ0n) is 10.7. The van der Waals surface area contributed by atoms with E-state index >= 15 is 0 Å². The van der Waals surface area contributed by atoms with Gasteiger partial charge in [-0.15, -0.1) is 0 Å². The maximum Gasteiger partial charge on any atom is 0.236 e. The van der Waals surface area contributed by atoms with Gasteiger partial charge in [0.15, 0.2) is 0 Å². The summed E-state index contributed by atoms with van der Waals surface area (Å²) in [5.41, 5.74) is 0. The van der Waals surface area contributed by atoms with E-state index in [4.69, 9.17) is 0 Å². The van der Waals surface area contributed by atoms with Gasteiger partial charge in [0.1, 0.15) is 0 Å². The van der Waals surface area contributed by atoms with Crippen molar-refractivity contribution in [3.63, 3.8) is 0 Å². The quantitative estimate of drug-likeness (QED) is 0.679. The summed E-state index contributed by atoms with van der Waals surface area (Å²) in [6.07, 6.45) is 6.53. The number of rotatable bonds is 8. The smallest absolute Gasteiger partial charge is 0.236 e. The molecule has 1 rings (SSSR count). The lowest BCUT2D eigenvalue weighted by Gasteiger charge is -2.18. The number of nitrogens with one attached hydrogen (secondary N) is 1. The lowest BCUT2D eigenvalue weighted by molar-refractivity contribution is -0.129. The van der Waals surface area contributed by atoms with Gasteiger partial charge in [-0.25, -0.2) is 4.98 Å². The van der Waals surface area contributed by atoms with E-state index in [0.717, 1.165) is 32.6 Å². The standard InChI is InChI=1S/C12H22N4O/c1-3-16(4-2)12(17)10-13-6-5-8-15-9-7-14-11-15/h7,9,11,13H,3-6,8,10H2,1-2H3. The van der Waals surface area contributed by atoms with E-state index in [1.807, 2.05) is 29.5 Å². The average molecular weight is 238 g/mol. The number of nitrogens with zero attached hydrogens (tertiary/aromatic N) is 3. The van der Waals surface area contributed by atoms with Crippen LogP contribution >= 0.6 is 0 Å². The van der Waals surface area contributed by atoms with Crippen LogP contribution in [0.25, 0.3) is 0 Å². The first-order valence-corrected chi connectivity index (χ1v) is 6.22. The van der Waals surface area contributed by atoms with Crippen molar-refractivity contribution < 1.29 is 4.79 Å². The molecule has 1 amide bonds. The fourth-order valence-electron chi connectivity index (χ4n) is 1.69. The molecule has 0 radical (unpaired) electrons.